The zero-order valence-electron chi connectivity index (χ0n) is 18.9. The lowest BCUT2D eigenvalue weighted by Gasteiger charge is -2.15. The number of carbonyl (C=O) groups excluding carboxylic acids is 1. The molecule has 0 aliphatic heterocycles. The summed E-state index contributed by atoms with van der Waals surface area (Å²) in [6, 6.07) is 6.32. The van der Waals surface area contributed by atoms with Gasteiger partial charge in [-0.1, -0.05) is 36.2 Å². The molecule has 182 valence electrons. The molecule has 1 aliphatic rings. The third-order valence-corrected chi connectivity index (χ3v) is 6.54. The van der Waals surface area contributed by atoms with Gasteiger partial charge in [0.15, 0.2) is 5.69 Å². The molecule has 1 aliphatic carbocycles. The molecular weight excluding hydrogens is 490 g/mol. The molecule has 6 nitrogen and oxygen atoms in total. The zero-order chi connectivity index (χ0) is 24.8. The van der Waals surface area contributed by atoms with E-state index in [-0.39, 0.29) is 18.4 Å². The minimum atomic E-state index is -4.52. The first-order valence-electron chi connectivity index (χ1n) is 10.9. The van der Waals surface area contributed by atoms with E-state index in [1.54, 1.807) is 30.7 Å². The second-order valence-electron chi connectivity index (χ2n) is 8.74. The summed E-state index contributed by atoms with van der Waals surface area (Å²) in [7, 11) is 0. The number of carbonyl (C=O) groups is 1. The van der Waals surface area contributed by atoms with Crippen LogP contribution in [-0.4, -0.2) is 25.5 Å². The third kappa shape index (κ3) is 5.25. The highest BCUT2D eigenvalue weighted by Gasteiger charge is 2.38. The molecule has 1 amide bonds. The fourth-order valence-electron chi connectivity index (χ4n) is 3.86. The minimum absolute atomic E-state index is 0.0559. The standard InChI is InChI=1S/C23H24Cl2F3N5O/c1-12(10-33-19(15-4-5-15)9-20(31-33)23(26,27)28)22(34)29-21-13(2)30-32(14(21)3)11-16-6-7-17(24)8-18(16)25/h6-9,12,15H,4-5,10-11H2,1-3H3,(H,29,34). The van der Waals surface area contributed by atoms with Gasteiger partial charge in [-0.05, 0) is 50.5 Å². The van der Waals surface area contributed by atoms with Crippen molar-refractivity contribution in [2.24, 2.45) is 5.92 Å². The van der Waals surface area contributed by atoms with E-state index in [0.717, 1.165) is 30.2 Å². The first-order chi connectivity index (χ1) is 15.9. The number of benzene rings is 1. The van der Waals surface area contributed by atoms with Gasteiger partial charge in [-0.25, -0.2) is 0 Å². The summed E-state index contributed by atoms with van der Waals surface area (Å²) in [6.45, 7) is 5.73. The average molecular weight is 514 g/mol. The predicted molar refractivity (Wildman–Crippen MR) is 124 cm³/mol. The van der Waals surface area contributed by atoms with Crippen LogP contribution in [0.25, 0.3) is 0 Å². The third-order valence-electron chi connectivity index (χ3n) is 5.96. The quantitative estimate of drug-likeness (QED) is 0.407. The van der Waals surface area contributed by atoms with Crippen molar-refractivity contribution < 1.29 is 18.0 Å². The number of nitrogens with zero attached hydrogens (tertiary/aromatic N) is 4. The number of anilines is 1. The van der Waals surface area contributed by atoms with Gasteiger partial charge >= 0.3 is 6.18 Å². The molecule has 1 fully saturated rings. The highest BCUT2D eigenvalue weighted by molar-refractivity contribution is 6.35. The van der Waals surface area contributed by atoms with Crippen LogP contribution < -0.4 is 5.32 Å². The number of amides is 1. The monoisotopic (exact) mass is 513 g/mol. The van der Waals surface area contributed by atoms with Gasteiger partial charge in [0.05, 0.1) is 36.1 Å². The van der Waals surface area contributed by atoms with E-state index in [0.29, 0.717) is 33.7 Å². The van der Waals surface area contributed by atoms with Crippen LogP contribution in [0.15, 0.2) is 24.3 Å². The second kappa shape index (κ2) is 9.26. The van der Waals surface area contributed by atoms with Crippen LogP contribution >= 0.6 is 23.2 Å². The van der Waals surface area contributed by atoms with Gasteiger partial charge in [0.25, 0.3) is 0 Å². The van der Waals surface area contributed by atoms with Crippen molar-refractivity contribution >= 4 is 34.8 Å². The van der Waals surface area contributed by atoms with E-state index in [4.69, 9.17) is 23.2 Å². The second-order valence-corrected chi connectivity index (χ2v) is 9.58. The van der Waals surface area contributed by atoms with Crippen molar-refractivity contribution in [3.63, 3.8) is 0 Å². The van der Waals surface area contributed by atoms with Crippen molar-refractivity contribution in [3.8, 4) is 0 Å². The Labute approximate surface area is 205 Å². The van der Waals surface area contributed by atoms with Crippen LogP contribution in [0.5, 0.6) is 0 Å². The van der Waals surface area contributed by atoms with Gasteiger partial charge in [-0.15, -0.1) is 0 Å². The Morgan fingerprint density at radius 2 is 1.88 bits per heavy atom. The lowest BCUT2D eigenvalue weighted by molar-refractivity contribution is -0.141. The first-order valence-corrected chi connectivity index (χ1v) is 11.6. The molecule has 0 saturated heterocycles. The first kappa shape index (κ1) is 24.6. The molecule has 1 unspecified atom stereocenters. The Balaban J connectivity index is 1.48. The smallest absolute Gasteiger partial charge is 0.323 e. The number of aromatic nitrogens is 4. The summed E-state index contributed by atoms with van der Waals surface area (Å²) in [6.07, 6.45) is -2.85. The van der Waals surface area contributed by atoms with Crippen LogP contribution in [0.1, 0.15) is 54.0 Å². The van der Waals surface area contributed by atoms with E-state index in [1.165, 1.54) is 4.68 Å². The zero-order valence-corrected chi connectivity index (χ0v) is 20.4. The number of aryl methyl sites for hydroxylation is 1. The molecule has 34 heavy (non-hydrogen) atoms. The van der Waals surface area contributed by atoms with Crippen LogP contribution in [0.4, 0.5) is 18.9 Å². The molecule has 0 bridgehead atoms. The molecule has 4 rings (SSSR count). The number of hydrogen-bond donors (Lipinski definition) is 1. The highest BCUT2D eigenvalue weighted by Crippen LogP contribution is 2.42. The Hall–Kier alpha value is -2.52. The Morgan fingerprint density at radius 3 is 2.50 bits per heavy atom. The molecule has 2 aromatic heterocycles. The van der Waals surface area contributed by atoms with E-state index >= 15 is 0 Å². The van der Waals surface area contributed by atoms with Gasteiger partial charge in [0.2, 0.25) is 5.91 Å². The highest BCUT2D eigenvalue weighted by atomic mass is 35.5. The van der Waals surface area contributed by atoms with Gasteiger partial charge < -0.3 is 5.32 Å². The molecule has 3 aromatic rings. The largest absolute Gasteiger partial charge is 0.435 e. The topological polar surface area (TPSA) is 64.7 Å². The number of alkyl halides is 3. The fourth-order valence-corrected chi connectivity index (χ4v) is 4.32. The number of halogens is 5. The molecule has 0 spiro atoms. The van der Waals surface area contributed by atoms with E-state index in [2.05, 4.69) is 15.5 Å². The molecule has 11 heteroatoms. The Morgan fingerprint density at radius 1 is 1.18 bits per heavy atom. The van der Waals surface area contributed by atoms with Gasteiger partial charge in [-0.2, -0.15) is 23.4 Å². The maximum Gasteiger partial charge on any atom is 0.435 e. The summed E-state index contributed by atoms with van der Waals surface area (Å²) < 4.78 is 42.5. The maximum absolute atomic E-state index is 13.2. The van der Waals surface area contributed by atoms with Crippen LogP contribution in [0, 0.1) is 19.8 Å². The fraction of sp³-hybridized carbons (Fsp3) is 0.435. The van der Waals surface area contributed by atoms with Gasteiger partial charge in [0, 0.05) is 21.7 Å². The summed E-state index contributed by atoms with van der Waals surface area (Å²) in [5.74, 6) is -0.853. The van der Waals surface area contributed by atoms with E-state index < -0.39 is 17.8 Å². The lowest BCUT2D eigenvalue weighted by atomic mass is 10.1. The summed E-state index contributed by atoms with van der Waals surface area (Å²) in [4.78, 5) is 12.9. The van der Waals surface area contributed by atoms with Crippen molar-refractivity contribution in [2.45, 2.75) is 58.8 Å². The Bertz CT molecular complexity index is 1230. The molecule has 0 radical (unpaired) electrons. The number of hydrogen-bond acceptors (Lipinski definition) is 3. The molecule has 2 heterocycles. The SMILES string of the molecule is Cc1nn(Cc2ccc(Cl)cc2Cl)c(C)c1NC(=O)C(C)Cn1nc(C(F)(F)F)cc1C1CC1. The summed E-state index contributed by atoms with van der Waals surface area (Å²) in [5, 5.41) is 12.2. The number of nitrogens with one attached hydrogen (secondary N) is 1. The minimum Gasteiger partial charge on any atom is -0.323 e. The van der Waals surface area contributed by atoms with Gasteiger partial charge in [0.1, 0.15) is 0 Å². The van der Waals surface area contributed by atoms with Crippen molar-refractivity contribution in [1.29, 1.82) is 0 Å². The van der Waals surface area contributed by atoms with Crippen molar-refractivity contribution in [3.05, 3.63) is 62.6 Å². The average Bonchev–Trinajstić information content (AvgIpc) is 3.45. The van der Waals surface area contributed by atoms with E-state index in [9.17, 15) is 18.0 Å². The molecule has 1 aromatic carbocycles. The molecule has 1 atom stereocenters. The molecule has 1 N–H and O–H groups in total. The summed E-state index contributed by atoms with van der Waals surface area (Å²) >= 11 is 12.2. The lowest BCUT2D eigenvalue weighted by Crippen LogP contribution is -2.26. The maximum atomic E-state index is 13.2. The number of rotatable bonds is 7. The van der Waals surface area contributed by atoms with Crippen LogP contribution in [0.3, 0.4) is 0 Å². The molecular formula is C23H24Cl2F3N5O. The van der Waals surface area contributed by atoms with E-state index in [1.807, 2.05) is 13.0 Å². The summed E-state index contributed by atoms with van der Waals surface area (Å²) in [5.41, 5.74) is 2.37. The van der Waals surface area contributed by atoms with Gasteiger partial charge in [-0.3, -0.25) is 14.2 Å². The molecule has 1 saturated carbocycles. The van der Waals surface area contributed by atoms with Crippen LogP contribution in [0.2, 0.25) is 10.0 Å². The predicted octanol–water partition coefficient (Wildman–Crippen LogP) is 6.22. The Kier molecular flexibility index (Phi) is 6.70. The van der Waals surface area contributed by atoms with Crippen molar-refractivity contribution in [2.75, 3.05) is 5.32 Å². The normalized spacial score (nSPS) is 14.9. The van der Waals surface area contributed by atoms with Crippen LogP contribution in [-0.2, 0) is 24.1 Å². The van der Waals surface area contributed by atoms with Crippen molar-refractivity contribution in [1.82, 2.24) is 19.6 Å².